The first kappa shape index (κ1) is 63.5. The van der Waals surface area contributed by atoms with E-state index in [1.54, 1.807) is 68.7 Å². The Hall–Kier alpha value is -8.64. The normalized spacial score (nSPS) is 11.4. The lowest BCUT2D eigenvalue weighted by molar-refractivity contribution is -0.131. The summed E-state index contributed by atoms with van der Waals surface area (Å²) < 4.78 is 40.4. The number of imidazole rings is 2. The lowest BCUT2D eigenvalue weighted by atomic mass is 10.1. The summed E-state index contributed by atoms with van der Waals surface area (Å²) in [5.74, 6) is -1.57. The van der Waals surface area contributed by atoms with Crippen molar-refractivity contribution in [1.29, 1.82) is 0 Å². The second-order valence-corrected chi connectivity index (χ2v) is 18.6. The Morgan fingerprint density at radius 1 is 0.663 bits per heavy atom. The van der Waals surface area contributed by atoms with Crippen LogP contribution in [-0.4, -0.2) is 180 Å². The minimum Gasteiger partial charge on any atom is -0.494 e. The fourth-order valence-corrected chi connectivity index (χ4v) is 8.43. The summed E-state index contributed by atoms with van der Waals surface area (Å²) in [7, 11) is 8.42. The van der Waals surface area contributed by atoms with E-state index in [0.29, 0.717) is 101 Å². The molecule has 0 atom stereocenters. The number of benzene rings is 2. The van der Waals surface area contributed by atoms with Gasteiger partial charge in [0.05, 0.1) is 83.6 Å². The number of ether oxygens (including phenoxy) is 6. The first-order chi connectivity index (χ1) is 39.9. The van der Waals surface area contributed by atoms with Gasteiger partial charge in [0.15, 0.2) is 0 Å². The zero-order chi connectivity index (χ0) is 60.0. The molecule has 4 heterocycles. The number of carbonyl (C=O) groups excluding carboxylic acids is 6. The number of hydrogen-bond acceptors (Lipinski definition) is 18. The average Bonchev–Trinajstić information content (AvgIpc) is 2.81. The second-order valence-electron chi connectivity index (χ2n) is 18.6. The molecular formula is C54H73BN16O12. The first-order valence-corrected chi connectivity index (χ1v) is 26.9. The van der Waals surface area contributed by atoms with Crippen LogP contribution in [0.3, 0.4) is 0 Å². The van der Waals surface area contributed by atoms with Crippen LogP contribution in [0.1, 0.15) is 68.6 Å². The Labute approximate surface area is 480 Å². The van der Waals surface area contributed by atoms with Gasteiger partial charge in [0, 0.05) is 69.7 Å². The van der Waals surface area contributed by atoms with Crippen molar-refractivity contribution in [3.05, 3.63) is 89.0 Å². The molecule has 0 unspecified atom stereocenters. The molecule has 444 valence electrons. The monoisotopic (exact) mass is 1150 g/mol. The number of aryl methyl sites for hydroxylation is 4. The quantitative estimate of drug-likeness (QED) is 0.0128. The highest BCUT2D eigenvalue weighted by atomic mass is 16.5. The number of carbonyl (C=O) groups is 6. The molecule has 0 aliphatic rings. The maximum atomic E-state index is 14.0. The van der Waals surface area contributed by atoms with Gasteiger partial charge in [-0.15, -0.1) is 0 Å². The van der Waals surface area contributed by atoms with E-state index < -0.39 is 23.6 Å². The van der Waals surface area contributed by atoms with Gasteiger partial charge in [-0.05, 0) is 76.8 Å². The zero-order valence-electron chi connectivity index (χ0n) is 47.7. The van der Waals surface area contributed by atoms with Crippen LogP contribution < -0.4 is 47.6 Å². The number of amides is 6. The predicted molar refractivity (Wildman–Crippen MR) is 309 cm³/mol. The van der Waals surface area contributed by atoms with E-state index in [1.807, 2.05) is 26.0 Å². The van der Waals surface area contributed by atoms with Gasteiger partial charge in [-0.2, -0.15) is 10.2 Å². The maximum absolute atomic E-state index is 14.0. The molecule has 0 saturated heterocycles. The van der Waals surface area contributed by atoms with Crippen molar-refractivity contribution in [1.82, 2.24) is 59.7 Å². The van der Waals surface area contributed by atoms with Crippen LogP contribution in [0.25, 0.3) is 27.8 Å². The number of nitrogens with zero attached hydrogens (tertiary/aromatic N) is 9. The molecule has 0 bridgehead atoms. The highest BCUT2D eigenvalue weighted by Gasteiger charge is 2.24. The van der Waals surface area contributed by atoms with Crippen LogP contribution in [0, 0.1) is 13.8 Å². The van der Waals surface area contributed by atoms with Crippen molar-refractivity contribution >= 4 is 82.9 Å². The topological polar surface area (TPSA) is 345 Å². The van der Waals surface area contributed by atoms with Crippen molar-refractivity contribution in [2.75, 3.05) is 104 Å². The summed E-state index contributed by atoms with van der Waals surface area (Å²) in [6.45, 7) is 14.4. The summed E-state index contributed by atoms with van der Waals surface area (Å²) in [6.07, 6.45) is 4.01. The summed E-state index contributed by atoms with van der Waals surface area (Å²) in [5.41, 5.74) is 19.5. The third-order valence-electron chi connectivity index (χ3n) is 12.3. The van der Waals surface area contributed by atoms with Crippen LogP contribution in [0.2, 0.25) is 6.32 Å². The molecule has 6 aromatic rings. The Morgan fingerprint density at radius 3 is 1.66 bits per heavy atom. The molecule has 0 aliphatic heterocycles. The van der Waals surface area contributed by atoms with Crippen LogP contribution in [0.4, 0.5) is 11.9 Å². The molecule has 0 fully saturated rings. The number of allylic oxidation sites excluding steroid dienone is 2. The highest BCUT2D eigenvalue weighted by molar-refractivity contribution is 6.19. The van der Waals surface area contributed by atoms with E-state index in [4.69, 9.17) is 57.7 Å². The van der Waals surface area contributed by atoms with E-state index in [9.17, 15) is 28.8 Å². The zero-order valence-corrected chi connectivity index (χ0v) is 47.7. The molecular weight excluding hydrogens is 1080 g/mol. The lowest BCUT2D eigenvalue weighted by Gasteiger charge is -2.18. The Kier molecular flexibility index (Phi) is 24.1. The van der Waals surface area contributed by atoms with Gasteiger partial charge in [-0.3, -0.25) is 54.2 Å². The van der Waals surface area contributed by atoms with Gasteiger partial charge in [-0.25, -0.2) is 15.0 Å². The van der Waals surface area contributed by atoms with Gasteiger partial charge >= 0.3 is 0 Å². The van der Waals surface area contributed by atoms with Crippen LogP contribution in [0.15, 0.2) is 55.1 Å². The number of primary amides is 1. The van der Waals surface area contributed by atoms with Crippen molar-refractivity contribution < 1.29 is 57.2 Å². The van der Waals surface area contributed by atoms with Gasteiger partial charge in [0.25, 0.3) is 17.7 Å². The molecule has 0 spiro atoms. The summed E-state index contributed by atoms with van der Waals surface area (Å²) >= 11 is 0. The number of nitrogens with one attached hydrogen (secondary N) is 5. The third-order valence-corrected chi connectivity index (χ3v) is 12.3. The molecule has 6 amide bonds. The Morgan fingerprint density at radius 2 is 1.16 bits per heavy atom. The van der Waals surface area contributed by atoms with E-state index >= 15 is 0 Å². The minimum atomic E-state index is -0.728. The van der Waals surface area contributed by atoms with Crippen molar-refractivity contribution in [2.45, 2.75) is 66.6 Å². The fourth-order valence-electron chi connectivity index (χ4n) is 8.43. The SMILES string of the molecule is [B]CC(=O)NCCOCCOCC(=O)NCCOCCOCC(=O)NN(C)CCCOc1cc(C(N)=O)cc2nc(NC(=O)c3cc(C)nn3CC)n(C/C=C/Cn3c(NC(=O)c4cc(C)nn4CC)nc4cc(C(=C)N)cc(OC)c43)c12. The molecule has 4 aromatic heterocycles. The molecule has 28 nitrogen and oxygen atoms in total. The Bertz CT molecular complexity index is 3280. The van der Waals surface area contributed by atoms with Crippen LogP contribution >= 0.6 is 0 Å². The maximum Gasteiger partial charge on any atom is 0.276 e. The highest BCUT2D eigenvalue weighted by Crippen LogP contribution is 2.34. The van der Waals surface area contributed by atoms with Gasteiger partial charge in [-0.1, -0.05) is 18.7 Å². The first-order valence-electron chi connectivity index (χ1n) is 26.9. The van der Waals surface area contributed by atoms with Gasteiger partial charge < -0.3 is 59.7 Å². The smallest absolute Gasteiger partial charge is 0.276 e. The number of methoxy groups -OCH3 is 1. The largest absolute Gasteiger partial charge is 0.494 e. The summed E-state index contributed by atoms with van der Waals surface area (Å²) in [6, 6.07) is 9.90. The number of hydrogen-bond donors (Lipinski definition) is 7. The van der Waals surface area contributed by atoms with Crippen molar-refractivity contribution in [3.63, 3.8) is 0 Å². The van der Waals surface area contributed by atoms with Crippen molar-refractivity contribution in [3.8, 4) is 11.5 Å². The third kappa shape index (κ3) is 18.2. The van der Waals surface area contributed by atoms with Crippen molar-refractivity contribution in [2.24, 2.45) is 11.5 Å². The number of hydrazine groups is 1. The number of nitrogens with two attached hydrogens (primary N) is 2. The number of anilines is 2. The molecule has 2 aromatic carbocycles. The van der Waals surface area contributed by atoms with E-state index in [2.05, 4.69) is 43.5 Å². The molecule has 2 radical (unpaired) electrons. The fraction of sp³-hybridized carbons (Fsp3) is 0.444. The molecule has 0 aliphatic carbocycles. The number of aromatic nitrogens is 8. The standard InChI is InChI=1S/C54H73BN16O12/c1-8-70-41(25-34(3)64-70)51(76)62-53-60-39-27-37(36(5)56)29-43(78-7)48(39)68(53)16-10-11-17-69-49-40(61-54(69)63-52(77)42-26-35(4)65-71(42)9-2)28-38(50(57)75)30-44(49)83-18-12-15-67(6)66-47(74)33-82-24-22-80-20-14-59-46(73)32-81-23-21-79-19-13-58-45(72)31-55/h10-11,25-30H,5,8-9,12-24,31-33,56H2,1-4,6-7H3,(H2,57,75)(H,58,72)(H,59,73)(H,66,74)(H,60,62,76)(H,61,63,77)/b11-10+. The number of fused-ring (bicyclic) bond motifs is 2. The minimum absolute atomic E-state index is 0.0887. The Balaban J connectivity index is 1.08. The molecule has 6 rings (SSSR count). The molecule has 29 heteroatoms. The molecule has 0 saturated carbocycles. The predicted octanol–water partition coefficient (Wildman–Crippen LogP) is 1.85. The van der Waals surface area contributed by atoms with E-state index in [0.717, 1.165) is 0 Å². The van der Waals surface area contributed by atoms with E-state index in [1.165, 1.54) is 19.2 Å². The average molecular weight is 1150 g/mol. The van der Waals surface area contributed by atoms with Gasteiger partial charge in [0.1, 0.15) is 47.1 Å². The molecule has 9 N–H and O–H groups in total. The lowest BCUT2D eigenvalue weighted by Crippen LogP contribution is -2.42. The number of rotatable bonds is 36. The molecule has 83 heavy (non-hydrogen) atoms. The second kappa shape index (κ2) is 31.5. The van der Waals surface area contributed by atoms with Gasteiger partial charge in [0.2, 0.25) is 29.6 Å². The van der Waals surface area contributed by atoms with E-state index in [-0.39, 0.29) is 114 Å². The van der Waals surface area contributed by atoms with Crippen LogP contribution in [0.5, 0.6) is 11.5 Å². The van der Waals surface area contributed by atoms with Crippen LogP contribution in [-0.2, 0) is 59.5 Å². The summed E-state index contributed by atoms with van der Waals surface area (Å²) in [5, 5.41) is 21.6. The summed E-state index contributed by atoms with van der Waals surface area (Å²) in [4.78, 5) is 85.8.